The smallest absolute Gasteiger partial charge is 0.220 e. The number of unbranched alkanes of at least 4 members (excludes halogenated alkanes) is 1. The van der Waals surface area contributed by atoms with Gasteiger partial charge in [-0.1, -0.05) is 30.3 Å². The number of aromatic nitrogens is 1. The summed E-state index contributed by atoms with van der Waals surface area (Å²) >= 11 is 0. The van der Waals surface area contributed by atoms with Gasteiger partial charge in [-0.3, -0.25) is 0 Å². The normalized spacial score (nSPS) is 17.4. The Morgan fingerprint density at radius 1 is 1.26 bits per heavy atom. The van der Waals surface area contributed by atoms with Gasteiger partial charge in [0, 0.05) is 13.0 Å². The lowest BCUT2D eigenvalue weighted by atomic mass is 10.1. The second-order valence-electron chi connectivity index (χ2n) is 6.17. The van der Waals surface area contributed by atoms with Crippen LogP contribution in [0.1, 0.15) is 42.8 Å². The fraction of sp³-hybridized carbons (Fsp3) is 0.474. The largest absolute Gasteiger partial charge is 0.425 e. The van der Waals surface area contributed by atoms with E-state index in [0.29, 0.717) is 0 Å². The molecule has 1 atom stereocenters. The topological polar surface area (TPSA) is 53.1 Å². The molecule has 1 saturated heterocycles. The molecular formula is C19H23N3O. The van der Waals surface area contributed by atoms with Crippen molar-refractivity contribution in [1.82, 2.24) is 4.98 Å². The Labute approximate surface area is 137 Å². The SMILES string of the molecule is Cc1nc(CCCCc2ccccc2)oc1N1CCCC1C#N. The van der Waals surface area contributed by atoms with Crippen molar-refractivity contribution in [3.63, 3.8) is 0 Å². The highest BCUT2D eigenvalue weighted by molar-refractivity contribution is 5.44. The fourth-order valence-electron chi connectivity index (χ4n) is 3.21. The Balaban J connectivity index is 1.53. The molecule has 23 heavy (non-hydrogen) atoms. The van der Waals surface area contributed by atoms with Gasteiger partial charge in [0.25, 0.3) is 0 Å². The first-order chi connectivity index (χ1) is 11.3. The van der Waals surface area contributed by atoms with Crippen LogP contribution < -0.4 is 4.90 Å². The van der Waals surface area contributed by atoms with Gasteiger partial charge in [0.2, 0.25) is 5.88 Å². The van der Waals surface area contributed by atoms with E-state index < -0.39 is 0 Å². The van der Waals surface area contributed by atoms with Gasteiger partial charge in [-0.2, -0.15) is 5.26 Å². The highest BCUT2D eigenvalue weighted by Crippen LogP contribution is 2.29. The van der Waals surface area contributed by atoms with E-state index in [1.807, 2.05) is 13.0 Å². The maximum atomic E-state index is 9.22. The van der Waals surface area contributed by atoms with Gasteiger partial charge in [0.15, 0.2) is 5.89 Å². The maximum Gasteiger partial charge on any atom is 0.220 e. The number of anilines is 1. The zero-order chi connectivity index (χ0) is 16.1. The van der Waals surface area contributed by atoms with Crippen LogP contribution >= 0.6 is 0 Å². The van der Waals surface area contributed by atoms with Crippen molar-refractivity contribution in [3.8, 4) is 6.07 Å². The molecule has 0 spiro atoms. The van der Waals surface area contributed by atoms with Crippen molar-refractivity contribution in [3.05, 3.63) is 47.5 Å². The molecule has 1 aliphatic heterocycles. The van der Waals surface area contributed by atoms with Crippen molar-refractivity contribution in [2.45, 2.75) is 51.5 Å². The monoisotopic (exact) mass is 309 g/mol. The van der Waals surface area contributed by atoms with Crippen LogP contribution in [0, 0.1) is 18.3 Å². The summed E-state index contributed by atoms with van der Waals surface area (Å²) in [6.45, 7) is 2.86. The van der Waals surface area contributed by atoms with Crippen molar-refractivity contribution in [2.75, 3.05) is 11.4 Å². The molecule has 1 unspecified atom stereocenters. The standard InChI is InChI=1S/C19H23N3O/c1-15-19(22-13-7-11-17(22)14-20)23-18(21-15)12-6-5-10-16-8-3-2-4-9-16/h2-4,8-9,17H,5-7,10-13H2,1H3. The summed E-state index contributed by atoms with van der Waals surface area (Å²) in [5, 5.41) is 9.22. The Bertz CT molecular complexity index is 672. The molecule has 120 valence electrons. The molecule has 2 heterocycles. The fourth-order valence-corrected chi connectivity index (χ4v) is 3.21. The quantitative estimate of drug-likeness (QED) is 0.756. The zero-order valence-electron chi connectivity index (χ0n) is 13.7. The van der Waals surface area contributed by atoms with Gasteiger partial charge < -0.3 is 9.32 Å². The van der Waals surface area contributed by atoms with Gasteiger partial charge in [-0.15, -0.1) is 0 Å². The minimum absolute atomic E-state index is 0.0624. The number of hydrogen-bond donors (Lipinski definition) is 0. The lowest BCUT2D eigenvalue weighted by Crippen LogP contribution is -2.27. The average Bonchev–Trinajstić information content (AvgIpc) is 3.18. The van der Waals surface area contributed by atoms with Crippen LogP contribution in [-0.4, -0.2) is 17.6 Å². The first-order valence-electron chi connectivity index (χ1n) is 8.44. The Hall–Kier alpha value is -2.28. The molecule has 0 aliphatic carbocycles. The molecule has 4 heteroatoms. The Morgan fingerprint density at radius 2 is 2.04 bits per heavy atom. The van der Waals surface area contributed by atoms with E-state index in [2.05, 4.69) is 40.2 Å². The first kappa shape index (κ1) is 15.6. The molecule has 0 amide bonds. The Morgan fingerprint density at radius 3 is 2.83 bits per heavy atom. The molecule has 0 N–H and O–H groups in total. The number of nitriles is 1. The first-order valence-corrected chi connectivity index (χ1v) is 8.44. The third kappa shape index (κ3) is 3.73. The summed E-state index contributed by atoms with van der Waals surface area (Å²) in [5.41, 5.74) is 2.29. The summed E-state index contributed by atoms with van der Waals surface area (Å²) in [6.07, 6.45) is 6.11. The summed E-state index contributed by atoms with van der Waals surface area (Å²) in [4.78, 5) is 6.62. The van der Waals surface area contributed by atoms with Gasteiger partial charge in [-0.05, 0) is 44.6 Å². The van der Waals surface area contributed by atoms with Crippen LogP contribution in [0.2, 0.25) is 0 Å². The molecule has 1 aromatic carbocycles. The lowest BCUT2D eigenvalue weighted by Gasteiger charge is -2.18. The maximum absolute atomic E-state index is 9.22. The molecule has 3 rings (SSSR count). The summed E-state index contributed by atoms with van der Waals surface area (Å²) in [6, 6.07) is 12.9. The molecular weight excluding hydrogens is 286 g/mol. The molecule has 2 aromatic rings. The van der Waals surface area contributed by atoms with Crippen LogP contribution in [0.5, 0.6) is 0 Å². The molecule has 1 aliphatic rings. The molecule has 0 bridgehead atoms. The van der Waals surface area contributed by atoms with E-state index in [1.54, 1.807) is 0 Å². The van der Waals surface area contributed by atoms with Crippen LogP contribution in [0.15, 0.2) is 34.7 Å². The molecule has 0 radical (unpaired) electrons. The van der Waals surface area contributed by atoms with Crippen molar-refractivity contribution in [2.24, 2.45) is 0 Å². The second kappa shape index (κ2) is 7.32. The third-order valence-corrected chi connectivity index (χ3v) is 4.43. The molecule has 1 aromatic heterocycles. The van der Waals surface area contributed by atoms with Crippen molar-refractivity contribution < 1.29 is 4.42 Å². The van der Waals surface area contributed by atoms with E-state index in [9.17, 15) is 5.26 Å². The van der Waals surface area contributed by atoms with E-state index in [-0.39, 0.29) is 6.04 Å². The van der Waals surface area contributed by atoms with E-state index in [1.165, 1.54) is 5.56 Å². The van der Waals surface area contributed by atoms with Crippen LogP contribution in [0.3, 0.4) is 0 Å². The Kier molecular flexibility index (Phi) is 4.97. The summed E-state index contributed by atoms with van der Waals surface area (Å²) in [5.74, 6) is 1.60. The minimum Gasteiger partial charge on any atom is -0.425 e. The second-order valence-corrected chi connectivity index (χ2v) is 6.17. The van der Waals surface area contributed by atoms with E-state index >= 15 is 0 Å². The number of oxazole rings is 1. The highest BCUT2D eigenvalue weighted by Gasteiger charge is 2.28. The van der Waals surface area contributed by atoms with Crippen LogP contribution in [0.25, 0.3) is 0 Å². The van der Waals surface area contributed by atoms with Crippen LogP contribution in [-0.2, 0) is 12.8 Å². The van der Waals surface area contributed by atoms with E-state index in [4.69, 9.17) is 4.42 Å². The highest BCUT2D eigenvalue weighted by atomic mass is 16.4. The average molecular weight is 309 g/mol. The van der Waals surface area contributed by atoms with Crippen LogP contribution in [0.4, 0.5) is 5.88 Å². The van der Waals surface area contributed by atoms with Crippen molar-refractivity contribution in [1.29, 1.82) is 5.26 Å². The van der Waals surface area contributed by atoms with E-state index in [0.717, 1.165) is 62.5 Å². The third-order valence-electron chi connectivity index (χ3n) is 4.43. The molecule has 1 fully saturated rings. The number of hydrogen-bond acceptors (Lipinski definition) is 4. The number of benzene rings is 1. The minimum atomic E-state index is -0.0624. The predicted molar refractivity (Wildman–Crippen MR) is 90.3 cm³/mol. The predicted octanol–water partition coefficient (Wildman–Crippen LogP) is 4.04. The van der Waals surface area contributed by atoms with Gasteiger partial charge in [-0.25, -0.2) is 4.98 Å². The van der Waals surface area contributed by atoms with Gasteiger partial charge in [0.1, 0.15) is 11.7 Å². The van der Waals surface area contributed by atoms with Gasteiger partial charge in [0.05, 0.1) is 6.07 Å². The number of aryl methyl sites for hydroxylation is 3. The lowest BCUT2D eigenvalue weighted by molar-refractivity contribution is 0.476. The number of rotatable bonds is 6. The van der Waals surface area contributed by atoms with Gasteiger partial charge >= 0.3 is 0 Å². The summed E-state index contributed by atoms with van der Waals surface area (Å²) in [7, 11) is 0. The molecule has 4 nitrogen and oxygen atoms in total. The summed E-state index contributed by atoms with van der Waals surface area (Å²) < 4.78 is 5.95. The van der Waals surface area contributed by atoms with Crippen molar-refractivity contribution >= 4 is 5.88 Å². The number of nitrogens with zero attached hydrogens (tertiary/aromatic N) is 3. The molecule has 0 saturated carbocycles. The zero-order valence-corrected chi connectivity index (χ0v) is 13.7.